The van der Waals surface area contributed by atoms with Crippen molar-refractivity contribution in [3.05, 3.63) is 23.8 Å². The molecule has 98 valence electrons. The Kier molecular flexibility index (Phi) is 4.01. The highest BCUT2D eigenvalue weighted by molar-refractivity contribution is 7.99. The molecule has 1 heterocycles. The quantitative estimate of drug-likeness (QED) is 0.824. The molecule has 0 unspecified atom stereocenters. The van der Waals surface area contributed by atoms with E-state index < -0.39 is 0 Å². The van der Waals surface area contributed by atoms with Gasteiger partial charge in [-0.1, -0.05) is 0 Å². The van der Waals surface area contributed by atoms with E-state index in [4.69, 9.17) is 5.73 Å². The van der Waals surface area contributed by atoms with Crippen molar-refractivity contribution in [1.82, 2.24) is 4.90 Å². The molecule has 0 bridgehead atoms. The van der Waals surface area contributed by atoms with Gasteiger partial charge in [0, 0.05) is 44.3 Å². The molecule has 1 aromatic rings. The number of nitrogens with zero attached hydrogens (tertiary/aromatic N) is 2. The molecule has 0 radical (unpaired) electrons. The second kappa shape index (κ2) is 5.52. The lowest BCUT2D eigenvalue weighted by Crippen LogP contribution is -2.33. The third kappa shape index (κ3) is 2.72. The van der Waals surface area contributed by atoms with Crippen LogP contribution in [0.2, 0.25) is 0 Å². The topological polar surface area (TPSA) is 49.6 Å². The summed E-state index contributed by atoms with van der Waals surface area (Å²) in [6.45, 7) is 1.99. The van der Waals surface area contributed by atoms with E-state index in [-0.39, 0.29) is 5.91 Å². The zero-order valence-electron chi connectivity index (χ0n) is 10.8. The largest absolute Gasteiger partial charge is 0.397 e. The van der Waals surface area contributed by atoms with Gasteiger partial charge in [-0.05, 0) is 18.2 Å². The Morgan fingerprint density at radius 2 is 2.00 bits per heavy atom. The van der Waals surface area contributed by atoms with Crippen LogP contribution in [0.25, 0.3) is 0 Å². The summed E-state index contributed by atoms with van der Waals surface area (Å²) in [6, 6.07) is 5.53. The van der Waals surface area contributed by atoms with E-state index >= 15 is 0 Å². The van der Waals surface area contributed by atoms with Gasteiger partial charge in [0.25, 0.3) is 5.91 Å². The van der Waals surface area contributed by atoms with Crippen LogP contribution in [0.5, 0.6) is 0 Å². The van der Waals surface area contributed by atoms with Crippen LogP contribution < -0.4 is 10.6 Å². The van der Waals surface area contributed by atoms with E-state index in [0.29, 0.717) is 5.56 Å². The molecule has 1 aromatic carbocycles. The van der Waals surface area contributed by atoms with Gasteiger partial charge in [0.2, 0.25) is 0 Å². The molecule has 1 fully saturated rings. The van der Waals surface area contributed by atoms with Crippen LogP contribution in [0, 0.1) is 0 Å². The molecule has 2 N–H and O–H groups in total. The van der Waals surface area contributed by atoms with Crippen molar-refractivity contribution in [2.45, 2.75) is 0 Å². The molecule has 4 nitrogen and oxygen atoms in total. The van der Waals surface area contributed by atoms with Crippen LogP contribution in [0.3, 0.4) is 0 Å². The van der Waals surface area contributed by atoms with Crippen molar-refractivity contribution in [3.63, 3.8) is 0 Å². The molecule has 18 heavy (non-hydrogen) atoms. The number of anilines is 2. The zero-order valence-corrected chi connectivity index (χ0v) is 11.7. The van der Waals surface area contributed by atoms with E-state index in [1.807, 2.05) is 23.9 Å². The van der Waals surface area contributed by atoms with Gasteiger partial charge in [-0.3, -0.25) is 4.79 Å². The number of carbonyl (C=O) groups excluding carboxylic acids is 1. The van der Waals surface area contributed by atoms with Crippen LogP contribution in [0.1, 0.15) is 10.4 Å². The van der Waals surface area contributed by atoms with Crippen molar-refractivity contribution in [1.29, 1.82) is 0 Å². The third-order valence-corrected chi connectivity index (χ3v) is 3.98. The first kappa shape index (κ1) is 13.1. The van der Waals surface area contributed by atoms with Crippen molar-refractivity contribution in [3.8, 4) is 0 Å². The Balaban J connectivity index is 2.28. The monoisotopic (exact) mass is 265 g/mol. The second-order valence-electron chi connectivity index (χ2n) is 4.57. The summed E-state index contributed by atoms with van der Waals surface area (Å²) in [5.41, 5.74) is 8.46. The Bertz CT molecular complexity index is 442. The fourth-order valence-corrected chi connectivity index (χ4v) is 2.92. The second-order valence-corrected chi connectivity index (χ2v) is 5.80. The first-order valence-corrected chi connectivity index (χ1v) is 7.19. The van der Waals surface area contributed by atoms with Crippen LogP contribution in [0.15, 0.2) is 18.2 Å². The van der Waals surface area contributed by atoms with Crippen LogP contribution >= 0.6 is 11.8 Å². The van der Waals surface area contributed by atoms with Gasteiger partial charge in [0.05, 0.1) is 11.4 Å². The van der Waals surface area contributed by atoms with Gasteiger partial charge in [-0.2, -0.15) is 11.8 Å². The average molecular weight is 265 g/mol. The smallest absolute Gasteiger partial charge is 0.253 e. The van der Waals surface area contributed by atoms with Crippen LogP contribution in [-0.4, -0.2) is 49.5 Å². The summed E-state index contributed by atoms with van der Waals surface area (Å²) >= 11 is 1.96. The number of hydrogen-bond donors (Lipinski definition) is 1. The highest BCUT2D eigenvalue weighted by Crippen LogP contribution is 2.27. The van der Waals surface area contributed by atoms with Gasteiger partial charge in [0.15, 0.2) is 0 Å². The number of hydrogen-bond acceptors (Lipinski definition) is 4. The molecular formula is C13H19N3OS. The normalized spacial score (nSPS) is 15.6. The molecule has 0 aromatic heterocycles. The fourth-order valence-electron chi connectivity index (χ4n) is 2.01. The minimum atomic E-state index is 0.0163. The minimum absolute atomic E-state index is 0.0163. The van der Waals surface area contributed by atoms with Crippen molar-refractivity contribution in [2.24, 2.45) is 0 Å². The summed E-state index contributed by atoms with van der Waals surface area (Å²) in [5, 5.41) is 0. The lowest BCUT2D eigenvalue weighted by Gasteiger charge is -2.30. The Hall–Kier alpha value is -1.36. The highest BCUT2D eigenvalue weighted by atomic mass is 32.2. The number of nitrogens with two attached hydrogens (primary N) is 1. The first-order chi connectivity index (χ1) is 8.59. The van der Waals surface area contributed by atoms with Gasteiger partial charge in [-0.15, -0.1) is 0 Å². The zero-order chi connectivity index (χ0) is 13.1. The molecular weight excluding hydrogens is 246 g/mol. The third-order valence-electron chi connectivity index (χ3n) is 3.04. The van der Waals surface area contributed by atoms with Gasteiger partial charge in [-0.25, -0.2) is 0 Å². The van der Waals surface area contributed by atoms with Gasteiger partial charge >= 0.3 is 0 Å². The molecule has 1 amide bonds. The number of thioether (sulfide) groups is 1. The average Bonchev–Trinajstić information content (AvgIpc) is 2.39. The van der Waals surface area contributed by atoms with Gasteiger partial charge < -0.3 is 15.5 Å². The van der Waals surface area contributed by atoms with E-state index in [1.165, 1.54) is 0 Å². The van der Waals surface area contributed by atoms with Crippen molar-refractivity contribution >= 4 is 29.0 Å². The number of rotatable bonds is 2. The predicted octanol–water partition coefficient (Wildman–Crippen LogP) is 1.52. The maximum absolute atomic E-state index is 12.0. The SMILES string of the molecule is CN(C)C(=O)c1ccc(N)c(N2CCSCC2)c1. The highest BCUT2D eigenvalue weighted by Gasteiger charge is 2.16. The minimum Gasteiger partial charge on any atom is -0.397 e. The predicted molar refractivity (Wildman–Crippen MR) is 78.4 cm³/mol. The number of amides is 1. The van der Waals surface area contributed by atoms with E-state index in [1.54, 1.807) is 25.1 Å². The molecule has 1 saturated heterocycles. The number of nitrogen functional groups attached to an aromatic ring is 1. The Labute approximate surface area is 112 Å². The summed E-state index contributed by atoms with van der Waals surface area (Å²) in [4.78, 5) is 15.8. The van der Waals surface area contributed by atoms with Crippen molar-refractivity contribution in [2.75, 3.05) is 49.3 Å². The van der Waals surface area contributed by atoms with Crippen LogP contribution in [0.4, 0.5) is 11.4 Å². The molecule has 0 aliphatic carbocycles. The summed E-state index contributed by atoms with van der Waals surface area (Å²) < 4.78 is 0. The lowest BCUT2D eigenvalue weighted by molar-refractivity contribution is 0.0827. The van der Waals surface area contributed by atoms with E-state index in [9.17, 15) is 4.79 Å². The summed E-state index contributed by atoms with van der Waals surface area (Å²) in [7, 11) is 3.52. The molecule has 2 rings (SSSR count). The molecule has 5 heteroatoms. The van der Waals surface area contributed by atoms with Crippen molar-refractivity contribution < 1.29 is 4.79 Å². The number of carbonyl (C=O) groups is 1. The Morgan fingerprint density at radius 3 is 2.61 bits per heavy atom. The van der Waals surface area contributed by atoms with Gasteiger partial charge in [0.1, 0.15) is 0 Å². The summed E-state index contributed by atoms with van der Waals surface area (Å²) in [5.74, 6) is 2.25. The van der Waals surface area contributed by atoms with Crippen LogP contribution in [-0.2, 0) is 0 Å². The fraction of sp³-hybridized carbons (Fsp3) is 0.462. The lowest BCUT2D eigenvalue weighted by atomic mass is 10.1. The molecule has 0 spiro atoms. The molecule has 0 atom stereocenters. The number of benzene rings is 1. The van der Waals surface area contributed by atoms with E-state index in [0.717, 1.165) is 36.0 Å². The van der Waals surface area contributed by atoms with E-state index in [2.05, 4.69) is 4.90 Å². The Morgan fingerprint density at radius 1 is 1.33 bits per heavy atom. The molecule has 0 saturated carbocycles. The first-order valence-electron chi connectivity index (χ1n) is 6.03. The summed E-state index contributed by atoms with van der Waals surface area (Å²) in [6.07, 6.45) is 0. The maximum Gasteiger partial charge on any atom is 0.253 e. The molecule has 1 aliphatic rings. The molecule has 1 aliphatic heterocycles. The standard InChI is InChI=1S/C13H19N3OS/c1-15(2)13(17)10-3-4-11(14)12(9-10)16-5-7-18-8-6-16/h3-4,9H,5-8,14H2,1-2H3. The maximum atomic E-state index is 12.0.